The van der Waals surface area contributed by atoms with Crippen molar-refractivity contribution in [2.45, 2.75) is 47.5 Å². The molecule has 7 heteroatoms. The van der Waals surface area contributed by atoms with Crippen LogP contribution in [0.1, 0.15) is 41.7 Å². The van der Waals surface area contributed by atoms with E-state index < -0.39 is 5.25 Å². The zero-order valence-electron chi connectivity index (χ0n) is 16.8. The summed E-state index contributed by atoms with van der Waals surface area (Å²) in [7, 11) is 0. The standard InChI is InChI=1S/C22H25N3OS3/c1-4-5-13-27-21-24-25-22(29-21)28-19(17-9-7-6-8-10-17)20(26)23-18-14-15(2)11-12-16(18)3/h6-12,14,19H,4-5,13H2,1-3H3,(H,23,26). The molecule has 4 nitrogen and oxygen atoms in total. The fraction of sp³-hybridized carbons (Fsp3) is 0.318. The lowest BCUT2D eigenvalue weighted by Gasteiger charge is -2.17. The van der Waals surface area contributed by atoms with Gasteiger partial charge in [-0.25, -0.2) is 0 Å². The van der Waals surface area contributed by atoms with Crippen LogP contribution in [0.4, 0.5) is 5.69 Å². The first-order valence-corrected chi connectivity index (χ1v) is 12.3. The number of nitrogens with zero attached hydrogens (tertiary/aromatic N) is 2. The van der Waals surface area contributed by atoms with Crippen LogP contribution in [0.5, 0.6) is 0 Å². The van der Waals surface area contributed by atoms with Gasteiger partial charge in [-0.3, -0.25) is 4.79 Å². The number of thioether (sulfide) groups is 2. The van der Waals surface area contributed by atoms with Gasteiger partial charge in [0.25, 0.3) is 0 Å². The summed E-state index contributed by atoms with van der Waals surface area (Å²) >= 11 is 4.75. The van der Waals surface area contributed by atoms with Crippen LogP contribution in [0.25, 0.3) is 0 Å². The number of carbonyl (C=O) groups is 1. The summed E-state index contributed by atoms with van der Waals surface area (Å²) in [6.45, 7) is 6.21. The molecule has 1 heterocycles. The summed E-state index contributed by atoms with van der Waals surface area (Å²) in [6, 6.07) is 15.9. The van der Waals surface area contributed by atoms with Crippen LogP contribution in [-0.2, 0) is 4.79 Å². The number of anilines is 1. The van der Waals surface area contributed by atoms with Gasteiger partial charge in [0.05, 0.1) is 0 Å². The Morgan fingerprint density at radius 3 is 2.62 bits per heavy atom. The number of hydrogen-bond acceptors (Lipinski definition) is 6. The van der Waals surface area contributed by atoms with Gasteiger partial charge in [0, 0.05) is 11.4 Å². The summed E-state index contributed by atoms with van der Waals surface area (Å²) < 4.78 is 1.77. The summed E-state index contributed by atoms with van der Waals surface area (Å²) in [6.07, 6.45) is 2.33. The Morgan fingerprint density at radius 1 is 1.10 bits per heavy atom. The summed E-state index contributed by atoms with van der Waals surface area (Å²) in [4.78, 5) is 13.2. The monoisotopic (exact) mass is 443 g/mol. The van der Waals surface area contributed by atoms with Gasteiger partial charge in [-0.1, -0.05) is 90.7 Å². The van der Waals surface area contributed by atoms with Crippen molar-refractivity contribution in [3.63, 3.8) is 0 Å². The van der Waals surface area contributed by atoms with Crippen molar-refractivity contribution in [2.24, 2.45) is 0 Å². The van der Waals surface area contributed by atoms with Crippen LogP contribution in [0.15, 0.2) is 57.2 Å². The third kappa shape index (κ3) is 6.32. The van der Waals surface area contributed by atoms with Gasteiger partial charge < -0.3 is 5.32 Å². The van der Waals surface area contributed by atoms with E-state index in [-0.39, 0.29) is 5.91 Å². The highest BCUT2D eigenvalue weighted by Gasteiger charge is 2.24. The van der Waals surface area contributed by atoms with Crippen molar-refractivity contribution in [1.29, 1.82) is 0 Å². The lowest BCUT2D eigenvalue weighted by atomic mass is 10.1. The van der Waals surface area contributed by atoms with E-state index in [9.17, 15) is 4.79 Å². The average molecular weight is 444 g/mol. The second kappa shape index (κ2) is 10.8. The van der Waals surface area contributed by atoms with Gasteiger partial charge in [0.15, 0.2) is 8.68 Å². The normalized spacial score (nSPS) is 12.0. The average Bonchev–Trinajstić information content (AvgIpc) is 3.17. The molecular weight excluding hydrogens is 418 g/mol. The third-order valence-electron chi connectivity index (χ3n) is 4.32. The summed E-state index contributed by atoms with van der Waals surface area (Å²) in [5.74, 6) is 0.996. The first-order chi connectivity index (χ1) is 14.1. The molecule has 3 aromatic rings. The van der Waals surface area contributed by atoms with E-state index in [0.29, 0.717) is 0 Å². The number of carbonyl (C=O) groups excluding carboxylic acids is 1. The number of hydrogen-bond donors (Lipinski definition) is 1. The van der Waals surface area contributed by atoms with E-state index in [1.807, 2.05) is 62.4 Å². The molecule has 0 radical (unpaired) electrons. The Labute approximate surface area is 184 Å². The molecule has 1 atom stereocenters. The predicted octanol–water partition coefficient (Wildman–Crippen LogP) is 6.52. The number of benzene rings is 2. The number of unbranched alkanes of at least 4 members (excludes halogenated alkanes) is 1. The highest BCUT2D eigenvalue weighted by molar-refractivity contribution is 8.03. The van der Waals surface area contributed by atoms with Gasteiger partial charge >= 0.3 is 0 Å². The molecule has 152 valence electrons. The van der Waals surface area contributed by atoms with E-state index in [0.717, 1.165) is 43.2 Å². The quantitative estimate of drug-likeness (QED) is 0.301. The number of aromatic nitrogens is 2. The van der Waals surface area contributed by atoms with Gasteiger partial charge in [0.1, 0.15) is 5.25 Å². The fourth-order valence-electron chi connectivity index (χ4n) is 2.68. The molecule has 0 bridgehead atoms. The van der Waals surface area contributed by atoms with Crippen molar-refractivity contribution < 1.29 is 4.79 Å². The van der Waals surface area contributed by atoms with E-state index in [2.05, 4.69) is 22.4 Å². The smallest absolute Gasteiger partial charge is 0.242 e. The topological polar surface area (TPSA) is 54.9 Å². The molecule has 1 N–H and O–H groups in total. The third-order valence-corrected chi connectivity index (χ3v) is 7.80. The van der Waals surface area contributed by atoms with E-state index in [1.165, 1.54) is 18.2 Å². The molecule has 1 amide bonds. The molecule has 3 rings (SSSR count). The Balaban J connectivity index is 1.78. The highest BCUT2D eigenvalue weighted by atomic mass is 32.2. The van der Waals surface area contributed by atoms with Crippen molar-refractivity contribution in [3.05, 3.63) is 65.2 Å². The maximum atomic E-state index is 13.2. The zero-order valence-corrected chi connectivity index (χ0v) is 19.3. The number of rotatable bonds is 9. The van der Waals surface area contributed by atoms with Crippen LogP contribution in [0.2, 0.25) is 0 Å². The molecule has 0 saturated heterocycles. The molecule has 29 heavy (non-hydrogen) atoms. The first-order valence-electron chi connectivity index (χ1n) is 9.63. The van der Waals surface area contributed by atoms with Crippen LogP contribution >= 0.6 is 34.9 Å². The van der Waals surface area contributed by atoms with Crippen molar-refractivity contribution in [1.82, 2.24) is 10.2 Å². The van der Waals surface area contributed by atoms with Crippen LogP contribution in [0, 0.1) is 13.8 Å². The molecule has 0 aliphatic carbocycles. The second-order valence-electron chi connectivity index (χ2n) is 6.75. The zero-order chi connectivity index (χ0) is 20.6. The SMILES string of the molecule is CCCCSc1nnc(SC(C(=O)Nc2cc(C)ccc2C)c2ccccc2)s1. The van der Waals surface area contributed by atoms with Crippen LogP contribution in [-0.4, -0.2) is 21.9 Å². The Bertz CT molecular complexity index is 943. The van der Waals surface area contributed by atoms with Crippen molar-refractivity contribution in [3.8, 4) is 0 Å². The Kier molecular flexibility index (Phi) is 8.15. The molecule has 1 unspecified atom stereocenters. The van der Waals surface area contributed by atoms with Gasteiger partial charge in [-0.15, -0.1) is 10.2 Å². The second-order valence-corrected chi connectivity index (χ2v) is 10.4. The van der Waals surface area contributed by atoms with Crippen LogP contribution < -0.4 is 5.32 Å². The molecule has 0 fully saturated rings. The predicted molar refractivity (Wildman–Crippen MR) is 125 cm³/mol. The minimum atomic E-state index is -0.391. The van der Waals surface area contributed by atoms with E-state index in [1.54, 1.807) is 23.1 Å². The lowest BCUT2D eigenvalue weighted by molar-refractivity contribution is -0.115. The minimum Gasteiger partial charge on any atom is -0.325 e. The molecule has 0 saturated carbocycles. The first kappa shape index (κ1) is 21.9. The van der Waals surface area contributed by atoms with Crippen LogP contribution in [0.3, 0.4) is 0 Å². The van der Waals surface area contributed by atoms with E-state index >= 15 is 0 Å². The molecule has 1 aromatic heterocycles. The van der Waals surface area contributed by atoms with Gasteiger partial charge in [0.2, 0.25) is 5.91 Å². The highest BCUT2D eigenvalue weighted by Crippen LogP contribution is 2.39. The maximum absolute atomic E-state index is 13.2. The summed E-state index contributed by atoms with van der Waals surface area (Å²) in [5, 5.41) is 11.3. The Hall–Kier alpha value is -1.83. The molecule has 0 aliphatic heterocycles. The molecule has 2 aromatic carbocycles. The number of amides is 1. The molecule has 0 aliphatic rings. The largest absolute Gasteiger partial charge is 0.325 e. The summed E-state index contributed by atoms with van der Waals surface area (Å²) in [5.41, 5.74) is 3.97. The molecule has 0 spiro atoms. The number of nitrogens with one attached hydrogen (secondary N) is 1. The Morgan fingerprint density at radius 2 is 1.86 bits per heavy atom. The number of aryl methyl sites for hydroxylation is 2. The molecular formula is C22H25N3OS3. The maximum Gasteiger partial charge on any atom is 0.242 e. The van der Waals surface area contributed by atoms with Crippen molar-refractivity contribution >= 4 is 46.5 Å². The van der Waals surface area contributed by atoms with Gasteiger partial charge in [-0.2, -0.15) is 0 Å². The van der Waals surface area contributed by atoms with E-state index in [4.69, 9.17) is 0 Å². The minimum absolute atomic E-state index is 0.0507. The van der Waals surface area contributed by atoms with Gasteiger partial charge in [-0.05, 0) is 43.0 Å². The fourth-order valence-corrected chi connectivity index (χ4v) is 6.04. The lowest BCUT2D eigenvalue weighted by Crippen LogP contribution is -2.19. The van der Waals surface area contributed by atoms with Crippen molar-refractivity contribution in [2.75, 3.05) is 11.1 Å².